The number of hydrogen-bond donors (Lipinski definition) is 1. The first-order chi connectivity index (χ1) is 9.58. The van der Waals surface area contributed by atoms with Gasteiger partial charge in [-0.2, -0.15) is 0 Å². The van der Waals surface area contributed by atoms with Crippen molar-refractivity contribution in [2.45, 2.75) is 33.1 Å². The number of benzene rings is 1. The Kier molecular flexibility index (Phi) is 5.44. The van der Waals surface area contributed by atoms with Gasteiger partial charge in [-0.15, -0.1) is 0 Å². The molecule has 0 bridgehead atoms. The van der Waals surface area contributed by atoms with Crippen LogP contribution in [0.5, 0.6) is 0 Å². The van der Waals surface area contributed by atoms with E-state index in [9.17, 15) is 4.79 Å². The van der Waals surface area contributed by atoms with Gasteiger partial charge in [0.15, 0.2) is 0 Å². The topological polar surface area (TPSA) is 32.3 Å². The van der Waals surface area contributed by atoms with Crippen LogP contribution in [0.15, 0.2) is 12.1 Å². The molecule has 1 aromatic rings. The lowest BCUT2D eigenvalue weighted by Gasteiger charge is -2.27. The molecule has 110 valence electrons. The average molecular weight is 295 g/mol. The summed E-state index contributed by atoms with van der Waals surface area (Å²) in [5.74, 6) is 0.270. The van der Waals surface area contributed by atoms with E-state index in [4.69, 9.17) is 11.6 Å². The molecule has 1 aliphatic rings. The highest BCUT2D eigenvalue weighted by Crippen LogP contribution is 2.22. The van der Waals surface area contributed by atoms with Crippen molar-refractivity contribution in [1.82, 2.24) is 10.2 Å². The number of nitrogens with one attached hydrogen (secondary N) is 1. The van der Waals surface area contributed by atoms with E-state index in [1.54, 1.807) is 0 Å². The zero-order chi connectivity index (χ0) is 14.5. The van der Waals surface area contributed by atoms with Gasteiger partial charge >= 0.3 is 0 Å². The van der Waals surface area contributed by atoms with Gasteiger partial charge in [0.05, 0.1) is 0 Å². The van der Waals surface area contributed by atoms with Gasteiger partial charge in [0.25, 0.3) is 0 Å². The summed E-state index contributed by atoms with van der Waals surface area (Å²) in [6.45, 7) is 7.66. The lowest BCUT2D eigenvalue weighted by molar-refractivity contribution is -0.131. The first-order valence-electron chi connectivity index (χ1n) is 7.32. The van der Waals surface area contributed by atoms with Gasteiger partial charge in [-0.05, 0) is 49.4 Å². The summed E-state index contributed by atoms with van der Waals surface area (Å²) in [6.07, 6.45) is 2.35. The third-order valence-electron chi connectivity index (χ3n) is 3.97. The molecule has 1 aromatic carbocycles. The lowest BCUT2D eigenvalue weighted by Crippen LogP contribution is -2.46. The molecular formula is C16H23ClN2O. The number of aryl methyl sites for hydroxylation is 3. The van der Waals surface area contributed by atoms with Crippen LogP contribution in [0.1, 0.15) is 29.5 Å². The quantitative estimate of drug-likeness (QED) is 0.926. The third kappa shape index (κ3) is 3.97. The normalized spacial score (nSPS) is 15.4. The fourth-order valence-electron chi connectivity index (χ4n) is 2.53. The van der Waals surface area contributed by atoms with Gasteiger partial charge in [-0.1, -0.05) is 17.7 Å². The minimum atomic E-state index is 0.270. The average Bonchev–Trinajstić information content (AvgIpc) is 2.45. The zero-order valence-electron chi connectivity index (χ0n) is 12.3. The zero-order valence-corrected chi connectivity index (χ0v) is 13.1. The van der Waals surface area contributed by atoms with Gasteiger partial charge in [-0.25, -0.2) is 0 Å². The Labute approximate surface area is 126 Å². The minimum Gasteiger partial charge on any atom is -0.340 e. The molecule has 0 radical (unpaired) electrons. The van der Waals surface area contributed by atoms with Crippen LogP contribution in [0.25, 0.3) is 0 Å². The molecule has 0 spiro atoms. The van der Waals surface area contributed by atoms with Crippen LogP contribution in [0.3, 0.4) is 0 Å². The molecular weight excluding hydrogens is 272 g/mol. The summed E-state index contributed by atoms with van der Waals surface area (Å²) in [5, 5.41) is 4.08. The number of hydrogen-bond acceptors (Lipinski definition) is 2. The summed E-state index contributed by atoms with van der Waals surface area (Å²) in [7, 11) is 0. The molecule has 3 nitrogen and oxygen atoms in total. The molecule has 0 atom stereocenters. The van der Waals surface area contributed by atoms with Crippen molar-refractivity contribution >= 4 is 17.5 Å². The smallest absolute Gasteiger partial charge is 0.222 e. The summed E-state index contributed by atoms with van der Waals surface area (Å²) in [6, 6.07) is 4.16. The number of rotatable bonds is 4. The van der Waals surface area contributed by atoms with Gasteiger partial charge in [-0.3, -0.25) is 4.79 Å². The van der Waals surface area contributed by atoms with Gasteiger partial charge in [0, 0.05) is 37.6 Å². The summed E-state index contributed by atoms with van der Waals surface area (Å²) < 4.78 is 0. The van der Waals surface area contributed by atoms with E-state index < -0.39 is 0 Å². The Morgan fingerprint density at radius 2 is 1.90 bits per heavy atom. The Balaban J connectivity index is 1.83. The number of halogens is 1. The van der Waals surface area contributed by atoms with Crippen LogP contribution < -0.4 is 5.32 Å². The van der Waals surface area contributed by atoms with Crippen molar-refractivity contribution in [3.05, 3.63) is 33.8 Å². The SMILES string of the molecule is Cc1cc(Cl)c(CCCC(=O)N2CCNCC2)cc1C. The lowest BCUT2D eigenvalue weighted by atomic mass is 10.0. The molecule has 0 saturated carbocycles. The van der Waals surface area contributed by atoms with Crippen LogP contribution in [-0.4, -0.2) is 37.0 Å². The van der Waals surface area contributed by atoms with Crippen molar-refractivity contribution in [1.29, 1.82) is 0 Å². The van der Waals surface area contributed by atoms with Gasteiger partial charge in [0.2, 0.25) is 5.91 Å². The molecule has 2 rings (SSSR count). The fourth-order valence-corrected chi connectivity index (χ4v) is 2.85. The van der Waals surface area contributed by atoms with E-state index in [0.717, 1.165) is 49.6 Å². The number of carbonyl (C=O) groups excluding carboxylic acids is 1. The predicted molar refractivity (Wildman–Crippen MR) is 83.3 cm³/mol. The van der Waals surface area contributed by atoms with Crippen molar-refractivity contribution in [2.75, 3.05) is 26.2 Å². The fraction of sp³-hybridized carbons (Fsp3) is 0.562. The van der Waals surface area contributed by atoms with E-state index in [0.29, 0.717) is 6.42 Å². The van der Waals surface area contributed by atoms with Crippen molar-refractivity contribution < 1.29 is 4.79 Å². The molecule has 1 aliphatic heterocycles. The standard InChI is InChI=1S/C16H23ClN2O/c1-12-10-14(15(17)11-13(12)2)4-3-5-16(20)19-8-6-18-7-9-19/h10-11,18H,3-9H2,1-2H3. The maximum atomic E-state index is 12.1. The van der Waals surface area contributed by atoms with Crippen molar-refractivity contribution in [3.63, 3.8) is 0 Å². The molecule has 1 heterocycles. The van der Waals surface area contributed by atoms with E-state index in [1.807, 2.05) is 11.0 Å². The number of carbonyl (C=O) groups is 1. The Hall–Kier alpha value is -1.06. The molecule has 1 amide bonds. The van der Waals surface area contributed by atoms with Crippen LogP contribution in [0.4, 0.5) is 0 Å². The summed E-state index contributed by atoms with van der Waals surface area (Å²) in [4.78, 5) is 14.0. The van der Waals surface area contributed by atoms with E-state index in [-0.39, 0.29) is 5.91 Å². The van der Waals surface area contributed by atoms with Crippen LogP contribution in [0, 0.1) is 13.8 Å². The monoisotopic (exact) mass is 294 g/mol. The Morgan fingerprint density at radius 1 is 1.25 bits per heavy atom. The number of amides is 1. The summed E-state index contributed by atoms with van der Waals surface area (Å²) in [5.41, 5.74) is 3.64. The second kappa shape index (κ2) is 7.09. The maximum Gasteiger partial charge on any atom is 0.222 e. The maximum absolute atomic E-state index is 12.1. The van der Waals surface area contributed by atoms with E-state index in [1.165, 1.54) is 11.1 Å². The van der Waals surface area contributed by atoms with E-state index in [2.05, 4.69) is 25.2 Å². The van der Waals surface area contributed by atoms with Crippen LogP contribution in [0.2, 0.25) is 5.02 Å². The highest BCUT2D eigenvalue weighted by molar-refractivity contribution is 6.31. The van der Waals surface area contributed by atoms with Crippen molar-refractivity contribution in [3.8, 4) is 0 Å². The van der Waals surface area contributed by atoms with E-state index >= 15 is 0 Å². The van der Waals surface area contributed by atoms with Crippen molar-refractivity contribution in [2.24, 2.45) is 0 Å². The highest BCUT2D eigenvalue weighted by Gasteiger charge is 2.15. The predicted octanol–water partition coefficient (Wildman–Crippen LogP) is 2.71. The van der Waals surface area contributed by atoms with Crippen LogP contribution in [-0.2, 0) is 11.2 Å². The van der Waals surface area contributed by atoms with Gasteiger partial charge < -0.3 is 10.2 Å². The summed E-state index contributed by atoms with van der Waals surface area (Å²) >= 11 is 6.26. The highest BCUT2D eigenvalue weighted by atomic mass is 35.5. The Bertz CT molecular complexity index is 482. The minimum absolute atomic E-state index is 0.270. The second-order valence-electron chi connectivity index (χ2n) is 5.51. The third-order valence-corrected chi connectivity index (χ3v) is 4.32. The Morgan fingerprint density at radius 3 is 2.60 bits per heavy atom. The molecule has 0 aromatic heterocycles. The first kappa shape index (κ1) is 15.3. The molecule has 20 heavy (non-hydrogen) atoms. The van der Waals surface area contributed by atoms with Crippen LogP contribution >= 0.6 is 11.6 Å². The molecule has 1 fully saturated rings. The molecule has 0 unspecified atom stereocenters. The molecule has 0 aliphatic carbocycles. The second-order valence-corrected chi connectivity index (χ2v) is 5.92. The number of piperazine rings is 1. The molecule has 1 saturated heterocycles. The largest absolute Gasteiger partial charge is 0.340 e. The molecule has 4 heteroatoms. The number of nitrogens with zero attached hydrogens (tertiary/aromatic N) is 1. The molecule has 1 N–H and O–H groups in total. The first-order valence-corrected chi connectivity index (χ1v) is 7.70. The van der Waals surface area contributed by atoms with Gasteiger partial charge in [0.1, 0.15) is 0 Å².